The van der Waals surface area contributed by atoms with Gasteiger partial charge in [0.15, 0.2) is 0 Å². The van der Waals surface area contributed by atoms with Gasteiger partial charge >= 0.3 is 0 Å². The molecule has 1 N–H and O–H groups in total. The lowest BCUT2D eigenvalue weighted by atomic mass is 10.1. The molecule has 0 aromatic carbocycles. The van der Waals surface area contributed by atoms with E-state index in [0.29, 0.717) is 5.92 Å². The molecule has 6 heteroatoms. The average molecular weight is 347 g/mol. The first-order chi connectivity index (χ1) is 11.6. The third-order valence-corrected chi connectivity index (χ3v) is 5.77. The maximum Gasteiger partial charge on any atom is 0.261 e. The molecule has 0 unspecified atom stereocenters. The van der Waals surface area contributed by atoms with Gasteiger partial charge in [0.25, 0.3) is 5.91 Å². The van der Waals surface area contributed by atoms with Crippen molar-refractivity contribution in [1.82, 2.24) is 15.3 Å². The molecular weight excluding hydrogens is 320 g/mol. The Kier molecular flexibility index (Phi) is 5.33. The molecule has 1 aliphatic heterocycles. The van der Waals surface area contributed by atoms with Crippen molar-refractivity contribution in [2.75, 3.05) is 24.5 Å². The van der Waals surface area contributed by atoms with Crippen LogP contribution < -0.4 is 10.2 Å². The molecule has 1 saturated heterocycles. The van der Waals surface area contributed by atoms with Gasteiger partial charge in [-0.2, -0.15) is 0 Å². The van der Waals surface area contributed by atoms with E-state index in [9.17, 15) is 4.79 Å². The number of carbonyl (C=O) groups is 1. The number of nitrogens with zero attached hydrogens (tertiary/aromatic N) is 3. The molecule has 2 aromatic rings. The monoisotopic (exact) mass is 346 g/mol. The first-order valence-corrected chi connectivity index (χ1v) is 9.67. The van der Waals surface area contributed by atoms with Gasteiger partial charge in [-0.15, -0.1) is 11.3 Å². The van der Waals surface area contributed by atoms with Crippen LogP contribution in [0.5, 0.6) is 0 Å². The van der Waals surface area contributed by atoms with Crippen LogP contribution >= 0.6 is 11.3 Å². The van der Waals surface area contributed by atoms with Crippen molar-refractivity contribution >= 4 is 33.3 Å². The summed E-state index contributed by atoms with van der Waals surface area (Å²) in [5, 5.41) is 4.09. The third kappa shape index (κ3) is 3.53. The Hall–Kier alpha value is -1.69. The number of amides is 1. The minimum absolute atomic E-state index is 0.0146. The number of hydrogen-bond donors (Lipinski definition) is 1. The van der Waals surface area contributed by atoms with E-state index >= 15 is 0 Å². The Morgan fingerprint density at radius 3 is 2.75 bits per heavy atom. The standard InChI is InChI=1S/C18H26N4OS/c1-12(2)7-8-19-17(23)15-13(3)14-16(20-11-21-18(14)24-15)22-9-5-4-6-10-22/h11-12H,4-10H2,1-3H3,(H,19,23). The summed E-state index contributed by atoms with van der Waals surface area (Å²) in [5.74, 6) is 1.60. The van der Waals surface area contributed by atoms with Gasteiger partial charge in [-0.25, -0.2) is 9.97 Å². The lowest BCUT2D eigenvalue weighted by Crippen LogP contribution is -2.30. The first-order valence-electron chi connectivity index (χ1n) is 8.85. The highest BCUT2D eigenvalue weighted by Gasteiger charge is 2.22. The molecule has 130 valence electrons. The van der Waals surface area contributed by atoms with Gasteiger partial charge in [-0.05, 0) is 44.1 Å². The number of rotatable bonds is 5. The molecular formula is C18H26N4OS. The maximum atomic E-state index is 12.5. The van der Waals surface area contributed by atoms with Crippen molar-refractivity contribution in [2.45, 2.75) is 46.5 Å². The molecule has 0 radical (unpaired) electrons. The molecule has 0 bridgehead atoms. The van der Waals surface area contributed by atoms with Crippen molar-refractivity contribution in [3.8, 4) is 0 Å². The van der Waals surface area contributed by atoms with Crippen LogP contribution in [0.2, 0.25) is 0 Å². The van der Waals surface area contributed by atoms with Crippen molar-refractivity contribution < 1.29 is 4.79 Å². The van der Waals surface area contributed by atoms with E-state index in [-0.39, 0.29) is 5.91 Å². The topological polar surface area (TPSA) is 58.1 Å². The van der Waals surface area contributed by atoms with Gasteiger partial charge in [0, 0.05) is 19.6 Å². The second kappa shape index (κ2) is 7.47. The molecule has 24 heavy (non-hydrogen) atoms. The van der Waals surface area contributed by atoms with Gasteiger partial charge in [0.05, 0.1) is 10.3 Å². The van der Waals surface area contributed by atoms with Gasteiger partial charge in [0.2, 0.25) is 0 Å². The van der Waals surface area contributed by atoms with Gasteiger partial charge in [-0.3, -0.25) is 4.79 Å². The van der Waals surface area contributed by atoms with E-state index in [1.165, 1.54) is 30.6 Å². The number of anilines is 1. The molecule has 5 nitrogen and oxygen atoms in total. The highest BCUT2D eigenvalue weighted by Crippen LogP contribution is 2.35. The van der Waals surface area contributed by atoms with Crippen LogP contribution in [0.4, 0.5) is 5.82 Å². The maximum absolute atomic E-state index is 12.5. The number of fused-ring (bicyclic) bond motifs is 1. The largest absolute Gasteiger partial charge is 0.356 e. The Labute approximate surface area is 147 Å². The van der Waals surface area contributed by atoms with E-state index in [1.54, 1.807) is 6.33 Å². The molecule has 0 aliphatic carbocycles. The summed E-state index contributed by atoms with van der Waals surface area (Å²) < 4.78 is 0. The van der Waals surface area contributed by atoms with E-state index in [2.05, 4.69) is 34.0 Å². The van der Waals surface area contributed by atoms with Gasteiger partial charge in [-0.1, -0.05) is 13.8 Å². The molecule has 1 aliphatic rings. The summed E-state index contributed by atoms with van der Waals surface area (Å²) >= 11 is 1.48. The Morgan fingerprint density at radius 1 is 1.29 bits per heavy atom. The molecule has 0 atom stereocenters. The smallest absolute Gasteiger partial charge is 0.261 e. The first kappa shape index (κ1) is 17.1. The SMILES string of the molecule is Cc1c(C(=O)NCCC(C)C)sc2ncnc(N3CCCCC3)c12. The fraction of sp³-hybridized carbons (Fsp3) is 0.611. The Balaban J connectivity index is 1.88. The van der Waals surface area contributed by atoms with Crippen LogP contribution in [0.25, 0.3) is 10.2 Å². The number of carbonyl (C=O) groups excluding carboxylic acids is 1. The van der Waals surface area contributed by atoms with Crippen molar-refractivity contribution in [3.05, 3.63) is 16.8 Å². The van der Waals surface area contributed by atoms with Crippen LogP contribution in [-0.2, 0) is 0 Å². The molecule has 1 fully saturated rings. The van der Waals surface area contributed by atoms with Crippen LogP contribution in [-0.4, -0.2) is 35.5 Å². The number of hydrogen-bond acceptors (Lipinski definition) is 5. The zero-order valence-corrected chi connectivity index (χ0v) is 15.6. The zero-order valence-electron chi connectivity index (χ0n) is 14.8. The van der Waals surface area contributed by atoms with Gasteiger partial charge in [0.1, 0.15) is 17.0 Å². The van der Waals surface area contributed by atoms with E-state index in [1.807, 2.05) is 6.92 Å². The summed E-state index contributed by atoms with van der Waals surface area (Å²) in [7, 11) is 0. The fourth-order valence-corrected chi connectivity index (χ4v) is 4.23. The molecule has 3 rings (SSSR count). The second-order valence-electron chi connectivity index (χ2n) is 6.92. The predicted octanol–water partition coefficient (Wildman–Crippen LogP) is 3.77. The van der Waals surface area contributed by atoms with Crippen molar-refractivity contribution in [3.63, 3.8) is 0 Å². The molecule has 0 spiro atoms. The Bertz CT molecular complexity index is 719. The molecule has 3 heterocycles. The average Bonchev–Trinajstić information content (AvgIpc) is 2.92. The van der Waals surface area contributed by atoms with Crippen molar-refractivity contribution in [2.24, 2.45) is 5.92 Å². The third-order valence-electron chi connectivity index (χ3n) is 4.58. The normalized spacial score (nSPS) is 15.2. The van der Waals surface area contributed by atoms with E-state index in [0.717, 1.165) is 52.5 Å². The van der Waals surface area contributed by atoms with Crippen LogP contribution in [0, 0.1) is 12.8 Å². The predicted molar refractivity (Wildman–Crippen MR) is 100 cm³/mol. The van der Waals surface area contributed by atoms with Crippen LogP contribution in [0.1, 0.15) is 54.8 Å². The highest BCUT2D eigenvalue weighted by molar-refractivity contribution is 7.20. The summed E-state index contributed by atoms with van der Waals surface area (Å²) in [6.45, 7) is 9.14. The Morgan fingerprint density at radius 2 is 2.04 bits per heavy atom. The number of aryl methyl sites for hydroxylation is 1. The summed E-state index contributed by atoms with van der Waals surface area (Å²) in [6, 6.07) is 0. The quantitative estimate of drug-likeness (QED) is 0.895. The lowest BCUT2D eigenvalue weighted by molar-refractivity contribution is 0.0955. The number of nitrogens with one attached hydrogen (secondary N) is 1. The van der Waals surface area contributed by atoms with E-state index < -0.39 is 0 Å². The summed E-state index contributed by atoms with van der Waals surface area (Å²) in [5.41, 5.74) is 1.01. The summed E-state index contributed by atoms with van der Waals surface area (Å²) in [4.78, 5) is 25.5. The molecule has 0 saturated carbocycles. The zero-order chi connectivity index (χ0) is 17.1. The minimum atomic E-state index is 0.0146. The minimum Gasteiger partial charge on any atom is -0.356 e. The number of aromatic nitrogens is 2. The highest BCUT2D eigenvalue weighted by atomic mass is 32.1. The molecule has 1 amide bonds. The second-order valence-corrected chi connectivity index (χ2v) is 7.92. The van der Waals surface area contributed by atoms with Crippen LogP contribution in [0.15, 0.2) is 6.33 Å². The fourth-order valence-electron chi connectivity index (χ4n) is 3.17. The number of piperidine rings is 1. The molecule has 2 aromatic heterocycles. The van der Waals surface area contributed by atoms with Crippen molar-refractivity contribution in [1.29, 1.82) is 0 Å². The summed E-state index contributed by atoms with van der Waals surface area (Å²) in [6.07, 6.45) is 6.32. The lowest BCUT2D eigenvalue weighted by Gasteiger charge is -2.28. The van der Waals surface area contributed by atoms with Gasteiger partial charge < -0.3 is 10.2 Å². The van der Waals surface area contributed by atoms with E-state index in [4.69, 9.17) is 0 Å². The number of thiophene rings is 1. The van der Waals surface area contributed by atoms with Crippen LogP contribution in [0.3, 0.4) is 0 Å².